The Labute approximate surface area is 218 Å². The lowest BCUT2D eigenvalue weighted by Crippen LogP contribution is -2.53. The molecule has 3 fully saturated rings. The smallest absolute Gasteiger partial charge is 0.427 e. The number of carbonyl (C=O) groups is 1. The molecule has 0 atom stereocenters. The van der Waals surface area contributed by atoms with Gasteiger partial charge in [0.1, 0.15) is 5.82 Å². The summed E-state index contributed by atoms with van der Waals surface area (Å²) >= 11 is 3.38. The van der Waals surface area contributed by atoms with Crippen LogP contribution >= 0.6 is 15.9 Å². The fourth-order valence-corrected chi connectivity index (χ4v) is 5.92. The van der Waals surface area contributed by atoms with Gasteiger partial charge in [-0.15, -0.1) is 0 Å². The first kappa shape index (κ1) is 26.9. The third kappa shape index (κ3) is 5.02. The fraction of sp³-hybridized carbons (Fsp3) is 0.654. The Hall–Kier alpha value is -2.10. The summed E-state index contributed by atoms with van der Waals surface area (Å²) in [5.41, 5.74) is -0.419. The standard InChI is InChI=1S/C26H34BrF3N4O2/c1-17(2)19-15-20(33(5)32-19)25-10-7-24(8-11-25,9-12-25)16-34(21-14-18(27)6-13-31-21)22(35)36-23(3,4)26(28,29)30/h6,13-15,17H,7-12,16H2,1-5H3. The van der Waals surface area contributed by atoms with Gasteiger partial charge in [-0.2, -0.15) is 18.3 Å². The van der Waals surface area contributed by atoms with Crippen molar-refractivity contribution in [3.8, 4) is 0 Å². The molecule has 0 aromatic carbocycles. The minimum Gasteiger partial charge on any atom is -0.433 e. The number of pyridine rings is 1. The van der Waals surface area contributed by atoms with Crippen LogP contribution in [0, 0.1) is 5.41 Å². The molecule has 3 aliphatic rings. The van der Waals surface area contributed by atoms with Crippen LogP contribution in [0.5, 0.6) is 0 Å². The molecule has 2 bridgehead atoms. The van der Waals surface area contributed by atoms with Crippen molar-refractivity contribution in [3.63, 3.8) is 0 Å². The number of aromatic nitrogens is 3. The van der Waals surface area contributed by atoms with Crippen LogP contribution in [0.2, 0.25) is 0 Å². The van der Waals surface area contributed by atoms with E-state index in [2.05, 4.69) is 40.8 Å². The maximum Gasteiger partial charge on any atom is 0.427 e. The normalized spacial score (nSPS) is 24.3. The Kier molecular flexibility index (Phi) is 6.98. The first-order chi connectivity index (χ1) is 16.7. The Balaban J connectivity index is 1.58. The quantitative estimate of drug-likeness (QED) is 0.366. The molecule has 5 rings (SSSR count). The van der Waals surface area contributed by atoms with Gasteiger partial charge in [-0.1, -0.05) is 29.8 Å². The van der Waals surface area contributed by atoms with Crippen molar-refractivity contribution in [2.45, 2.75) is 89.3 Å². The van der Waals surface area contributed by atoms with Crippen molar-refractivity contribution in [1.82, 2.24) is 14.8 Å². The van der Waals surface area contributed by atoms with Crippen molar-refractivity contribution < 1.29 is 22.7 Å². The number of amides is 1. The van der Waals surface area contributed by atoms with Crippen LogP contribution in [0.25, 0.3) is 0 Å². The van der Waals surface area contributed by atoms with Crippen molar-refractivity contribution >= 4 is 27.8 Å². The van der Waals surface area contributed by atoms with E-state index in [4.69, 9.17) is 9.84 Å². The lowest BCUT2D eigenvalue weighted by molar-refractivity contribution is -0.243. The van der Waals surface area contributed by atoms with Crippen LogP contribution in [-0.4, -0.2) is 39.2 Å². The van der Waals surface area contributed by atoms with Gasteiger partial charge >= 0.3 is 12.3 Å². The second-order valence-corrected chi connectivity index (χ2v) is 12.2. The molecule has 0 spiro atoms. The topological polar surface area (TPSA) is 60.3 Å². The van der Waals surface area contributed by atoms with E-state index in [1.54, 1.807) is 12.1 Å². The van der Waals surface area contributed by atoms with E-state index in [1.165, 1.54) is 16.8 Å². The number of hydrogen-bond acceptors (Lipinski definition) is 4. The van der Waals surface area contributed by atoms with Gasteiger partial charge in [0.15, 0.2) is 0 Å². The molecule has 0 saturated heterocycles. The molecule has 0 radical (unpaired) electrons. The van der Waals surface area contributed by atoms with Crippen LogP contribution in [-0.2, 0) is 17.2 Å². The summed E-state index contributed by atoms with van der Waals surface area (Å²) in [6, 6.07) is 5.58. The predicted molar refractivity (Wildman–Crippen MR) is 135 cm³/mol. The van der Waals surface area contributed by atoms with Gasteiger partial charge < -0.3 is 4.74 Å². The maximum atomic E-state index is 13.5. The molecule has 2 aromatic rings. The molecule has 36 heavy (non-hydrogen) atoms. The number of alkyl halides is 3. The van der Waals surface area contributed by atoms with E-state index in [0.717, 1.165) is 58.1 Å². The third-order valence-electron chi connectivity index (χ3n) is 8.16. The zero-order valence-electron chi connectivity index (χ0n) is 21.5. The Morgan fingerprint density at radius 1 is 1.17 bits per heavy atom. The highest BCUT2D eigenvalue weighted by Gasteiger charge is 2.54. The van der Waals surface area contributed by atoms with Crippen molar-refractivity contribution in [3.05, 3.63) is 40.3 Å². The Morgan fingerprint density at radius 3 is 2.28 bits per heavy atom. The van der Waals surface area contributed by atoms with Gasteiger partial charge in [0.05, 0.1) is 5.69 Å². The zero-order valence-corrected chi connectivity index (χ0v) is 23.0. The van der Waals surface area contributed by atoms with Crippen molar-refractivity contribution in [2.75, 3.05) is 11.4 Å². The summed E-state index contributed by atoms with van der Waals surface area (Å²) in [7, 11) is 2.01. The molecular formula is C26H34BrF3N4O2. The van der Waals surface area contributed by atoms with Gasteiger partial charge in [0.25, 0.3) is 0 Å². The van der Waals surface area contributed by atoms with Crippen LogP contribution in [0.1, 0.15) is 83.5 Å². The Bertz CT molecular complexity index is 1100. The maximum absolute atomic E-state index is 13.5. The average molecular weight is 571 g/mol. The first-order valence-corrected chi connectivity index (χ1v) is 13.2. The molecule has 198 valence electrons. The van der Waals surface area contributed by atoms with Gasteiger partial charge in [-0.05, 0) is 81.9 Å². The molecule has 0 N–H and O–H groups in total. The van der Waals surface area contributed by atoms with Gasteiger partial charge in [0.2, 0.25) is 5.60 Å². The number of hydrogen-bond donors (Lipinski definition) is 0. The highest BCUT2D eigenvalue weighted by molar-refractivity contribution is 9.10. The lowest BCUT2D eigenvalue weighted by Gasteiger charge is -2.54. The average Bonchev–Trinajstić information content (AvgIpc) is 3.20. The molecular weight excluding hydrogens is 537 g/mol. The number of aryl methyl sites for hydroxylation is 1. The molecule has 2 aromatic heterocycles. The van der Waals surface area contributed by atoms with E-state index in [1.807, 2.05) is 11.7 Å². The molecule has 10 heteroatoms. The minimum absolute atomic E-state index is 0.0499. The first-order valence-electron chi connectivity index (χ1n) is 12.4. The summed E-state index contributed by atoms with van der Waals surface area (Å²) in [4.78, 5) is 18.8. The second-order valence-electron chi connectivity index (χ2n) is 11.3. The number of ether oxygens (including phenoxy) is 1. The fourth-order valence-electron chi connectivity index (χ4n) is 5.60. The molecule has 6 nitrogen and oxygen atoms in total. The highest BCUT2D eigenvalue weighted by atomic mass is 79.9. The largest absolute Gasteiger partial charge is 0.433 e. The molecule has 0 unspecified atom stereocenters. The number of fused-ring (bicyclic) bond motifs is 3. The highest BCUT2D eigenvalue weighted by Crippen LogP contribution is 2.58. The molecule has 3 saturated carbocycles. The van der Waals surface area contributed by atoms with E-state index in [-0.39, 0.29) is 23.2 Å². The molecule has 3 aliphatic carbocycles. The number of rotatable bonds is 6. The van der Waals surface area contributed by atoms with E-state index in [9.17, 15) is 18.0 Å². The van der Waals surface area contributed by atoms with Crippen molar-refractivity contribution in [1.29, 1.82) is 0 Å². The third-order valence-corrected chi connectivity index (χ3v) is 8.65. The van der Waals surface area contributed by atoms with Crippen LogP contribution < -0.4 is 4.90 Å². The molecule has 2 heterocycles. The van der Waals surface area contributed by atoms with Gasteiger partial charge in [-0.25, -0.2) is 9.78 Å². The summed E-state index contributed by atoms with van der Waals surface area (Å²) in [6.07, 6.45) is 1.26. The van der Waals surface area contributed by atoms with E-state index >= 15 is 0 Å². The summed E-state index contributed by atoms with van der Waals surface area (Å²) < 4.78 is 48.2. The number of anilines is 1. The van der Waals surface area contributed by atoms with Crippen LogP contribution in [0.4, 0.5) is 23.8 Å². The van der Waals surface area contributed by atoms with E-state index < -0.39 is 17.9 Å². The number of nitrogens with zero attached hydrogens (tertiary/aromatic N) is 4. The monoisotopic (exact) mass is 570 g/mol. The number of halogens is 4. The van der Waals surface area contributed by atoms with Gasteiger partial charge in [-0.3, -0.25) is 9.58 Å². The predicted octanol–water partition coefficient (Wildman–Crippen LogP) is 7.28. The van der Waals surface area contributed by atoms with Crippen LogP contribution in [0.3, 0.4) is 0 Å². The summed E-state index contributed by atoms with van der Waals surface area (Å²) in [6.45, 7) is 6.28. The Morgan fingerprint density at radius 2 is 1.78 bits per heavy atom. The minimum atomic E-state index is -4.69. The zero-order chi connectivity index (χ0) is 26.5. The summed E-state index contributed by atoms with van der Waals surface area (Å²) in [5, 5.41) is 4.73. The van der Waals surface area contributed by atoms with Crippen molar-refractivity contribution in [2.24, 2.45) is 12.5 Å². The SMILES string of the molecule is CC(C)c1cc(C23CCC(CN(C(=O)OC(C)(C)C(F)(F)F)c4cc(Br)ccn4)(CC2)CC3)n(C)n1. The lowest BCUT2D eigenvalue weighted by atomic mass is 9.52. The van der Waals surface area contributed by atoms with Gasteiger partial charge in [0, 0.05) is 35.4 Å². The van der Waals surface area contributed by atoms with E-state index in [0.29, 0.717) is 10.4 Å². The summed E-state index contributed by atoms with van der Waals surface area (Å²) in [5.74, 6) is 0.628. The molecule has 1 amide bonds. The second kappa shape index (κ2) is 9.33. The number of carbonyl (C=O) groups excluding carboxylic acids is 1. The molecule has 0 aliphatic heterocycles. The van der Waals surface area contributed by atoms with Crippen LogP contribution in [0.15, 0.2) is 28.9 Å².